The predicted molar refractivity (Wildman–Crippen MR) is 86.5 cm³/mol. The van der Waals surface area contributed by atoms with Gasteiger partial charge in [0.15, 0.2) is 9.84 Å². The van der Waals surface area contributed by atoms with Gasteiger partial charge in [0.05, 0.1) is 4.90 Å². The van der Waals surface area contributed by atoms with Crippen molar-refractivity contribution in [3.05, 3.63) is 52.5 Å². The number of hydrogen-bond acceptors (Lipinski definition) is 4. The van der Waals surface area contributed by atoms with Gasteiger partial charge in [-0.3, -0.25) is 0 Å². The fourth-order valence-corrected chi connectivity index (χ4v) is 3.07. The van der Waals surface area contributed by atoms with Gasteiger partial charge in [0.2, 0.25) is 0 Å². The molecular formula is C15H16BrNO3S. The van der Waals surface area contributed by atoms with Crippen LogP contribution in [-0.4, -0.2) is 21.2 Å². The molecule has 0 aliphatic carbocycles. The van der Waals surface area contributed by atoms with E-state index < -0.39 is 9.84 Å². The van der Waals surface area contributed by atoms with Gasteiger partial charge in [-0.25, -0.2) is 8.42 Å². The minimum atomic E-state index is -3.24. The summed E-state index contributed by atoms with van der Waals surface area (Å²) in [6, 6.07) is 12.0. The van der Waals surface area contributed by atoms with E-state index in [1.54, 1.807) is 18.2 Å². The molecule has 0 spiro atoms. The lowest BCUT2D eigenvalue weighted by molar-refractivity contribution is 0.480. The summed E-state index contributed by atoms with van der Waals surface area (Å²) in [4.78, 5) is 0.235. The highest BCUT2D eigenvalue weighted by Crippen LogP contribution is 2.28. The molecule has 0 bridgehead atoms. The maximum absolute atomic E-state index is 11.5. The quantitative estimate of drug-likeness (QED) is 0.878. The van der Waals surface area contributed by atoms with Crippen molar-refractivity contribution in [3.8, 4) is 11.5 Å². The first-order chi connectivity index (χ1) is 9.90. The highest BCUT2D eigenvalue weighted by Gasteiger charge is 2.09. The van der Waals surface area contributed by atoms with Crippen LogP contribution in [0.5, 0.6) is 11.5 Å². The number of sulfone groups is 1. The molecule has 2 aromatic rings. The molecule has 0 unspecified atom stereocenters. The molecule has 0 fully saturated rings. The highest BCUT2D eigenvalue weighted by molar-refractivity contribution is 9.10. The van der Waals surface area contributed by atoms with Gasteiger partial charge in [-0.15, -0.1) is 0 Å². The summed E-state index contributed by atoms with van der Waals surface area (Å²) in [5, 5.41) is 0. The van der Waals surface area contributed by atoms with Crippen molar-refractivity contribution in [3.63, 3.8) is 0 Å². The Labute approximate surface area is 133 Å². The van der Waals surface area contributed by atoms with Crippen molar-refractivity contribution in [2.24, 2.45) is 5.73 Å². The number of ether oxygens (including phenoxy) is 1. The zero-order valence-electron chi connectivity index (χ0n) is 11.5. The zero-order chi connectivity index (χ0) is 15.5. The molecule has 2 aromatic carbocycles. The lowest BCUT2D eigenvalue weighted by Crippen LogP contribution is -2.03. The molecule has 0 saturated heterocycles. The van der Waals surface area contributed by atoms with Gasteiger partial charge in [-0.2, -0.15) is 0 Å². The monoisotopic (exact) mass is 369 g/mol. The molecule has 0 heterocycles. The Morgan fingerprint density at radius 3 is 2.48 bits per heavy atom. The molecule has 0 saturated carbocycles. The summed E-state index contributed by atoms with van der Waals surface area (Å²) in [5.74, 6) is 1.12. The molecular weight excluding hydrogens is 354 g/mol. The Kier molecular flexibility index (Phi) is 5.03. The van der Waals surface area contributed by atoms with E-state index in [9.17, 15) is 8.42 Å². The standard InChI is InChI=1S/C15H16BrNO3S/c1-21(18,19)14-4-2-3-12(9-14)20-13-6-5-11(7-8-17)15(16)10-13/h2-6,9-10H,7-8,17H2,1H3. The van der Waals surface area contributed by atoms with Gasteiger partial charge < -0.3 is 10.5 Å². The topological polar surface area (TPSA) is 69.4 Å². The molecule has 112 valence electrons. The van der Waals surface area contributed by atoms with Crippen LogP contribution in [0.15, 0.2) is 51.8 Å². The molecule has 0 radical (unpaired) electrons. The maximum atomic E-state index is 11.5. The average Bonchev–Trinajstić information content (AvgIpc) is 2.41. The van der Waals surface area contributed by atoms with Gasteiger partial charge in [0, 0.05) is 10.7 Å². The van der Waals surface area contributed by atoms with Gasteiger partial charge in [0.1, 0.15) is 11.5 Å². The van der Waals surface area contributed by atoms with Crippen molar-refractivity contribution in [1.29, 1.82) is 0 Å². The van der Waals surface area contributed by atoms with E-state index in [2.05, 4.69) is 15.9 Å². The second kappa shape index (κ2) is 6.60. The van der Waals surface area contributed by atoms with Gasteiger partial charge >= 0.3 is 0 Å². The fourth-order valence-electron chi connectivity index (χ4n) is 1.85. The molecule has 2 N–H and O–H groups in total. The van der Waals surface area contributed by atoms with Crippen LogP contribution in [-0.2, 0) is 16.3 Å². The zero-order valence-corrected chi connectivity index (χ0v) is 13.9. The summed E-state index contributed by atoms with van der Waals surface area (Å²) >= 11 is 3.48. The molecule has 0 atom stereocenters. The van der Waals surface area contributed by atoms with Crippen molar-refractivity contribution >= 4 is 25.8 Å². The smallest absolute Gasteiger partial charge is 0.175 e. The minimum Gasteiger partial charge on any atom is -0.457 e. The Hall–Kier alpha value is -1.37. The average molecular weight is 370 g/mol. The normalized spacial score (nSPS) is 11.4. The van der Waals surface area contributed by atoms with E-state index in [0.29, 0.717) is 18.0 Å². The van der Waals surface area contributed by atoms with Crippen LogP contribution in [0, 0.1) is 0 Å². The third-order valence-corrected chi connectivity index (χ3v) is 4.76. The lowest BCUT2D eigenvalue weighted by Gasteiger charge is -2.09. The van der Waals surface area contributed by atoms with E-state index >= 15 is 0 Å². The summed E-state index contributed by atoms with van der Waals surface area (Å²) in [6.07, 6.45) is 1.95. The van der Waals surface area contributed by atoms with Crippen LogP contribution in [0.4, 0.5) is 0 Å². The van der Waals surface area contributed by atoms with Gasteiger partial charge in [-0.05, 0) is 48.9 Å². The van der Waals surface area contributed by atoms with E-state index in [4.69, 9.17) is 10.5 Å². The van der Waals surface area contributed by atoms with Crippen molar-refractivity contribution in [2.75, 3.05) is 12.8 Å². The molecule has 0 aromatic heterocycles. The Morgan fingerprint density at radius 1 is 1.14 bits per heavy atom. The van der Waals surface area contributed by atoms with Crippen molar-refractivity contribution in [2.45, 2.75) is 11.3 Å². The van der Waals surface area contributed by atoms with Crippen molar-refractivity contribution in [1.82, 2.24) is 0 Å². The number of halogens is 1. The maximum Gasteiger partial charge on any atom is 0.175 e. The summed E-state index contributed by atoms with van der Waals surface area (Å²) in [6.45, 7) is 0.579. The van der Waals surface area contributed by atoms with Crippen LogP contribution in [0.3, 0.4) is 0 Å². The largest absolute Gasteiger partial charge is 0.457 e. The number of benzene rings is 2. The first kappa shape index (κ1) is 16.0. The van der Waals surface area contributed by atoms with Gasteiger partial charge in [-0.1, -0.05) is 28.1 Å². The lowest BCUT2D eigenvalue weighted by atomic mass is 10.1. The van der Waals surface area contributed by atoms with E-state index in [0.717, 1.165) is 16.5 Å². The summed E-state index contributed by atoms with van der Waals surface area (Å²) < 4.78 is 29.7. The molecule has 21 heavy (non-hydrogen) atoms. The number of rotatable bonds is 5. The summed E-state index contributed by atoms with van der Waals surface area (Å²) in [7, 11) is -3.24. The van der Waals surface area contributed by atoms with Crippen LogP contribution >= 0.6 is 15.9 Å². The van der Waals surface area contributed by atoms with E-state index in [-0.39, 0.29) is 4.90 Å². The van der Waals surface area contributed by atoms with Crippen LogP contribution in [0.25, 0.3) is 0 Å². The minimum absolute atomic E-state index is 0.235. The molecule has 0 amide bonds. The Morgan fingerprint density at radius 2 is 1.86 bits per heavy atom. The first-order valence-corrected chi connectivity index (χ1v) is 9.05. The third-order valence-electron chi connectivity index (χ3n) is 2.91. The van der Waals surface area contributed by atoms with E-state index in [1.807, 2.05) is 18.2 Å². The molecule has 0 aliphatic rings. The second-order valence-electron chi connectivity index (χ2n) is 4.64. The molecule has 4 nitrogen and oxygen atoms in total. The van der Waals surface area contributed by atoms with Gasteiger partial charge in [0.25, 0.3) is 0 Å². The van der Waals surface area contributed by atoms with Crippen LogP contribution in [0.2, 0.25) is 0 Å². The SMILES string of the molecule is CS(=O)(=O)c1cccc(Oc2ccc(CCN)c(Br)c2)c1. The van der Waals surface area contributed by atoms with Crippen LogP contribution < -0.4 is 10.5 Å². The van der Waals surface area contributed by atoms with E-state index in [1.165, 1.54) is 12.3 Å². The first-order valence-electron chi connectivity index (χ1n) is 6.36. The molecule has 2 rings (SSSR count). The third kappa shape index (κ3) is 4.30. The van der Waals surface area contributed by atoms with Crippen LogP contribution in [0.1, 0.15) is 5.56 Å². The fraction of sp³-hybridized carbons (Fsp3) is 0.200. The predicted octanol–water partition coefficient (Wildman–Crippen LogP) is 3.15. The molecule has 6 heteroatoms. The second-order valence-corrected chi connectivity index (χ2v) is 7.51. The number of hydrogen-bond donors (Lipinski definition) is 1. The Balaban J connectivity index is 2.24. The number of nitrogens with two attached hydrogens (primary N) is 1. The van der Waals surface area contributed by atoms with Crippen molar-refractivity contribution < 1.29 is 13.2 Å². The molecule has 0 aliphatic heterocycles. The summed E-state index contributed by atoms with van der Waals surface area (Å²) in [5.41, 5.74) is 6.65. The highest BCUT2D eigenvalue weighted by atomic mass is 79.9. The Bertz CT molecular complexity index is 744.